The average Bonchev–Trinajstić information content (AvgIpc) is 3.06. The second-order valence-electron chi connectivity index (χ2n) is 7.58. The number of halogens is 6. The molecule has 2 heterocycles. The second kappa shape index (κ2) is 7.68. The number of rotatable bonds is 3. The van der Waals surface area contributed by atoms with Gasteiger partial charge in [0.1, 0.15) is 23.2 Å². The summed E-state index contributed by atoms with van der Waals surface area (Å²) < 4.78 is 84.5. The van der Waals surface area contributed by atoms with E-state index in [0.29, 0.717) is 18.2 Å². The van der Waals surface area contributed by atoms with Gasteiger partial charge in [0.25, 0.3) is 0 Å². The highest BCUT2D eigenvalue weighted by Gasteiger charge is 2.39. The lowest BCUT2D eigenvalue weighted by atomic mass is 9.88. The van der Waals surface area contributed by atoms with Crippen LogP contribution < -0.4 is 0 Å². The fourth-order valence-electron chi connectivity index (χ4n) is 3.85. The SMILES string of the molecule is CCc1nc2cnc(C3=CC(C(F)(F)F)=C(F)C(C)C3)cn2c1-c1c(F)cc(O)cc1F. The molecule has 0 radical (unpaired) electrons. The highest BCUT2D eigenvalue weighted by atomic mass is 19.4. The first-order valence-corrected chi connectivity index (χ1v) is 9.74. The van der Waals surface area contributed by atoms with Crippen molar-refractivity contribution in [3.05, 3.63) is 65.0 Å². The lowest BCUT2D eigenvalue weighted by molar-refractivity contribution is -0.0908. The molecule has 0 aliphatic heterocycles. The van der Waals surface area contributed by atoms with E-state index in [2.05, 4.69) is 9.97 Å². The van der Waals surface area contributed by atoms with Crippen molar-refractivity contribution < 1.29 is 31.4 Å². The van der Waals surface area contributed by atoms with Crippen LogP contribution in [0.15, 0.2) is 42.0 Å². The number of benzene rings is 1. The minimum absolute atomic E-state index is 0.0312. The number of hydrogen-bond donors (Lipinski definition) is 1. The standard InChI is InChI=1S/C22H17F6N3O/c1-3-16-21(19-14(23)6-12(32)7-15(19)24)31-9-17(29-8-18(31)30-16)11-4-10(2)20(25)13(5-11)22(26,27)28/h5-10,32H,3-4H2,1-2H3. The Morgan fingerprint density at radius 2 is 1.81 bits per heavy atom. The summed E-state index contributed by atoms with van der Waals surface area (Å²) >= 11 is 0. The van der Waals surface area contributed by atoms with Gasteiger partial charge in [-0.2, -0.15) is 13.2 Å². The van der Waals surface area contributed by atoms with Crippen molar-refractivity contribution in [2.24, 2.45) is 5.92 Å². The van der Waals surface area contributed by atoms with E-state index in [4.69, 9.17) is 0 Å². The van der Waals surface area contributed by atoms with Crippen LogP contribution in [0.25, 0.3) is 22.5 Å². The monoisotopic (exact) mass is 453 g/mol. The zero-order valence-electron chi connectivity index (χ0n) is 16.9. The van der Waals surface area contributed by atoms with Gasteiger partial charge in [0.2, 0.25) is 0 Å². The summed E-state index contributed by atoms with van der Waals surface area (Å²) in [4.78, 5) is 8.47. The van der Waals surface area contributed by atoms with Crippen LogP contribution in [0.2, 0.25) is 0 Å². The van der Waals surface area contributed by atoms with Crippen molar-refractivity contribution in [3.63, 3.8) is 0 Å². The topological polar surface area (TPSA) is 50.4 Å². The summed E-state index contributed by atoms with van der Waals surface area (Å²) in [6.45, 7) is 3.07. The summed E-state index contributed by atoms with van der Waals surface area (Å²) in [5.41, 5.74) is -0.948. The van der Waals surface area contributed by atoms with Crippen molar-refractivity contribution in [1.29, 1.82) is 0 Å². The van der Waals surface area contributed by atoms with Gasteiger partial charge in [0.15, 0.2) is 5.65 Å². The number of phenolic OH excluding ortho intramolecular Hbond substituents is 1. The molecule has 1 aromatic carbocycles. The highest BCUT2D eigenvalue weighted by Crippen LogP contribution is 2.42. The Kier molecular flexibility index (Phi) is 5.26. The summed E-state index contributed by atoms with van der Waals surface area (Å²) in [7, 11) is 0. The summed E-state index contributed by atoms with van der Waals surface area (Å²) in [5, 5.41) is 9.46. The van der Waals surface area contributed by atoms with Gasteiger partial charge in [-0.3, -0.25) is 9.38 Å². The van der Waals surface area contributed by atoms with Gasteiger partial charge in [0.05, 0.1) is 34.4 Å². The largest absolute Gasteiger partial charge is 0.508 e. The molecule has 32 heavy (non-hydrogen) atoms. The van der Waals surface area contributed by atoms with Gasteiger partial charge in [-0.1, -0.05) is 13.8 Å². The van der Waals surface area contributed by atoms with Crippen molar-refractivity contribution >= 4 is 11.2 Å². The van der Waals surface area contributed by atoms with Gasteiger partial charge in [-0.15, -0.1) is 0 Å². The maximum atomic E-state index is 14.6. The van der Waals surface area contributed by atoms with E-state index in [1.54, 1.807) is 6.92 Å². The lowest BCUT2D eigenvalue weighted by Gasteiger charge is -2.22. The average molecular weight is 453 g/mol. The van der Waals surface area contributed by atoms with Gasteiger partial charge >= 0.3 is 6.18 Å². The maximum Gasteiger partial charge on any atom is 0.418 e. The third-order valence-corrected chi connectivity index (χ3v) is 5.35. The molecule has 0 fully saturated rings. The highest BCUT2D eigenvalue weighted by molar-refractivity contribution is 5.72. The predicted molar refractivity (Wildman–Crippen MR) is 105 cm³/mol. The molecule has 2 aromatic heterocycles. The molecule has 3 aromatic rings. The molecule has 0 bridgehead atoms. The van der Waals surface area contributed by atoms with E-state index < -0.39 is 46.4 Å². The van der Waals surface area contributed by atoms with Crippen LogP contribution in [0.4, 0.5) is 26.3 Å². The number of alkyl halides is 3. The Morgan fingerprint density at radius 3 is 2.41 bits per heavy atom. The van der Waals surface area contributed by atoms with Crippen LogP contribution in [0.5, 0.6) is 5.75 Å². The predicted octanol–water partition coefficient (Wildman–Crippen LogP) is 6.15. The lowest BCUT2D eigenvalue weighted by Crippen LogP contribution is -2.18. The van der Waals surface area contributed by atoms with E-state index in [1.165, 1.54) is 23.7 Å². The zero-order valence-corrected chi connectivity index (χ0v) is 16.9. The number of fused-ring (bicyclic) bond motifs is 1. The van der Waals surface area contributed by atoms with Crippen molar-refractivity contribution in [3.8, 4) is 17.0 Å². The zero-order chi connectivity index (χ0) is 23.4. The number of phenols is 1. The number of aryl methyl sites for hydroxylation is 1. The van der Waals surface area contributed by atoms with E-state index in [9.17, 15) is 31.4 Å². The molecule has 1 aliphatic rings. The Labute approximate surface area is 178 Å². The molecule has 1 atom stereocenters. The van der Waals surface area contributed by atoms with Crippen molar-refractivity contribution in [2.45, 2.75) is 32.9 Å². The number of nitrogens with zero attached hydrogens (tertiary/aromatic N) is 3. The van der Waals surface area contributed by atoms with Crippen LogP contribution in [0.1, 0.15) is 31.7 Å². The van der Waals surface area contributed by atoms with Crippen LogP contribution in [0.3, 0.4) is 0 Å². The molecule has 1 N–H and O–H groups in total. The Hall–Kier alpha value is -3.30. The van der Waals surface area contributed by atoms with Gasteiger partial charge in [0, 0.05) is 24.2 Å². The molecular weight excluding hydrogens is 436 g/mol. The smallest absolute Gasteiger partial charge is 0.418 e. The summed E-state index contributed by atoms with van der Waals surface area (Å²) in [6.07, 6.45) is -1.28. The number of hydrogen-bond acceptors (Lipinski definition) is 3. The number of allylic oxidation sites excluding steroid dienone is 4. The fraction of sp³-hybridized carbons (Fsp3) is 0.273. The van der Waals surface area contributed by atoms with E-state index in [-0.39, 0.29) is 29.0 Å². The first-order valence-electron chi connectivity index (χ1n) is 9.74. The van der Waals surface area contributed by atoms with Gasteiger partial charge in [-0.25, -0.2) is 18.2 Å². The molecular formula is C22H17F6N3O. The normalized spacial score (nSPS) is 17.2. The number of aromatic hydroxyl groups is 1. The molecule has 0 spiro atoms. The van der Waals surface area contributed by atoms with E-state index in [1.807, 2.05) is 0 Å². The third-order valence-electron chi connectivity index (χ3n) is 5.35. The van der Waals surface area contributed by atoms with E-state index in [0.717, 1.165) is 12.1 Å². The van der Waals surface area contributed by atoms with Gasteiger partial charge < -0.3 is 5.11 Å². The molecule has 0 saturated carbocycles. The minimum atomic E-state index is -4.87. The summed E-state index contributed by atoms with van der Waals surface area (Å²) in [5.74, 6) is -4.89. The van der Waals surface area contributed by atoms with Crippen LogP contribution in [-0.4, -0.2) is 25.7 Å². The molecule has 0 amide bonds. The van der Waals surface area contributed by atoms with Crippen LogP contribution >= 0.6 is 0 Å². The van der Waals surface area contributed by atoms with E-state index >= 15 is 0 Å². The van der Waals surface area contributed by atoms with Crippen LogP contribution in [-0.2, 0) is 6.42 Å². The molecule has 0 saturated heterocycles. The fourth-order valence-corrected chi connectivity index (χ4v) is 3.85. The quantitative estimate of drug-likeness (QED) is 0.484. The summed E-state index contributed by atoms with van der Waals surface area (Å²) in [6, 6.07) is 1.52. The maximum absolute atomic E-state index is 14.6. The molecule has 4 nitrogen and oxygen atoms in total. The Bertz CT molecular complexity index is 1270. The molecule has 1 unspecified atom stereocenters. The number of aromatic nitrogens is 3. The number of imidazole rings is 1. The second-order valence-corrected chi connectivity index (χ2v) is 7.58. The first kappa shape index (κ1) is 21.9. The molecule has 10 heteroatoms. The molecule has 1 aliphatic carbocycles. The Balaban J connectivity index is 1.94. The minimum Gasteiger partial charge on any atom is -0.508 e. The molecule has 4 rings (SSSR count). The third kappa shape index (κ3) is 3.63. The van der Waals surface area contributed by atoms with Crippen molar-refractivity contribution in [1.82, 2.24) is 14.4 Å². The van der Waals surface area contributed by atoms with Crippen LogP contribution in [0, 0.1) is 17.6 Å². The van der Waals surface area contributed by atoms with Crippen molar-refractivity contribution in [2.75, 3.05) is 0 Å². The first-order chi connectivity index (χ1) is 15.0. The van der Waals surface area contributed by atoms with Gasteiger partial charge in [-0.05, 0) is 24.5 Å². The Morgan fingerprint density at radius 1 is 1.16 bits per heavy atom. The molecule has 168 valence electrons.